The number of rotatable bonds is 3. The smallest absolute Gasteiger partial charge is 0.0549 e. The fourth-order valence-electron chi connectivity index (χ4n) is 0.362. The third-order valence-electron chi connectivity index (χ3n) is 0.890. The van der Waals surface area contributed by atoms with Crippen LogP contribution in [0, 0.1) is 0 Å². The van der Waals surface area contributed by atoms with Crippen molar-refractivity contribution < 1.29 is 0 Å². The van der Waals surface area contributed by atoms with E-state index >= 15 is 0 Å². The maximum atomic E-state index is 7.91. The van der Waals surface area contributed by atoms with Crippen LogP contribution in [-0.2, 0) is 0 Å². The third-order valence-corrected chi connectivity index (χ3v) is 0.890. The van der Waals surface area contributed by atoms with Crippen LogP contribution < -0.4 is 0 Å². The second-order valence-electron chi connectivity index (χ2n) is 1.42. The number of hydrogen-bond donors (Lipinski definition) is 0. The molecule has 0 fully saturated rings. The highest BCUT2D eigenvalue weighted by Gasteiger charge is 1.91. The average molecular weight is 111 g/mol. The summed E-state index contributed by atoms with van der Waals surface area (Å²) in [5, 5.41) is 3.42. The minimum Gasteiger partial charge on any atom is -0.103 e. The van der Waals surface area contributed by atoms with Crippen molar-refractivity contribution in [3.63, 3.8) is 0 Å². The molecule has 0 bridgehead atoms. The van der Waals surface area contributed by atoms with Crippen LogP contribution in [-0.4, -0.2) is 6.04 Å². The highest BCUT2D eigenvalue weighted by molar-refractivity contribution is 4.83. The summed E-state index contributed by atoms with van der Waals surface area (Å²) in [6, 6.07) is -0.0278. The van der Waals surface area contributed by atoms with Gasteiger partial charge in [-0.15, -0.1) is 6.58 Å². The van der Waals surface area contributed by atoms with Gasteiger partial charge in [0.2, 0.25) is 0 Å². The van der Waals surface area contributed by atoms with Crippen LogP contribution in [0.15, 0.2) is 17.8 Å². The molecule has 8 heavy (non-hydrogen) atoms. The summed E-state index contributed by atoms with van der Waals surface area (Å²) in [7, 11) is 0. The van der Waals surface area contributed by atoms with Crippen molar-refractivity contribution in [3.8, 4) is 0 Å². The molecule has 0 saturated heterocycles. The molecule has 0 amide bonds. The Balaban J connectivity index is 3.69. The predicted octanol–water partition coefficient (Wildman–Crippen LogP) is 2.26. The molecule has 44 valence electrons. The molecule has 0 aliphatic rings. The van der Waals surface area contributed by atoms with E-state index in [4.69, 9.17) is 5.53 Å². The first-order valence-electron chi connectivity index (χ1n) is 2.52. The lowest BCUT2D eigenvalue weighted by atomic mass is 10.2. The zero-order valence-corrected chi connectivity index (χ0v) is 4.91. The van der Waals surface area contributed by atoms with E-state index in [1.165, 1.54) is 0 Å². The molecule has 0 N–H and O–H groups in total. The van der Waals surface area contributed by atoms with Gasteiger partial charge in [-0.3, -0.25) is 0 Å². The van der Waals surface area contributed by atoms with Crippen molar-refractivity contribution >= 4 is 0 Å². The normalized spacial score (nSPS) is 11.6. The van der Waals surface area contributed by atoms with Gasteiger partial charge in [-0.2, -0.15) is 0 Å². The number of hydrogen-bond acceptors (Lipinski definition) is 1. The Labute approximate surface area is 48.6 Å². The van der Waals surface area contributed by atoms with Gasteiger partial charge in [-0.1, -0.05) is 18.1 Å². The van der Waals surface area contributed by atoms with E-state index in [0.717, 1.165) is 6.42 Å². The van der Waals surface area contributed by atoms with E-state index in [1.807, 2.05) is 6.92 Å². The van der Waals surface area contributed by atoms with Gasteiger partial charge < -0.3 is 0 Å². The number of azide groups is 1. The van der Waals surface area contributed by atoms with E-state index in [9.17, 15) is 0 Å². The Morgan fingerprint density at radius 2 is 2.62 bits per heavy atom. The van der Waals surface area contributed by atoms with Crippen LogP contribution in [0.25, 0.3) is 10.4 Å². The molecular formula is C5H9N3. The summed E-state index contributed by atoms with van der Waals surface area (Å²) in [6.07, 6.45) is 2.47. The van der Waals surface area contributed by atoms with E-state index in [0.29, 0.717) is 0 Å². The lowest BCUT2D eigenvalue weighted by molar-refractivity contribution is 0.777. The molecule has 0 rings (SSSR count). The first-order valence-corrected chi connectivity index (χ1v) is 2.52. The van der Waals surface area contributed by atoms with Gasteiger partial charge >= 0.3 is 0 Å². The van der Waals surface area contributed by atoms with Crippen molar-refractivity contribution in [3.05, 3.63) is 23.1 Å². The fraction of sp³-hybridized carbons (Fsp3) is 0.600. The second kappa shape index (κ2) is 4.22. The van der Waals surface area contributed by atoms with Crippen LogP contribution in [0.1, 0.15) is 13.3 Å². The molecule has 0 unspecified atom stereocenters. The zero-order chi connectivity index (χ0) is 6.41. The van der Waals surface area contributed by atoms with Gasteiger partial charge in [-0.05, 0) is 12.0 Å². The molecule has 0 saturated carbocycles. The lowest BCUT2D eigenvalue weighted by Crippen LogP contribution is -1.92. The Hall–Kier alpha value is -0.950. The summed E-state index contributed by atoms with van der Waals surface area (Å²) in [4.78, 5) is 2.63. The molecule has 3 heteroatoms. The van der Waals surface area contributed by atoms with Crippen molar-refractivity contribution in [2.45, 2.75) is 19.4 Å². The first-order chi connectivity index (χ1) is 3.85. The monoisotopic (exact) mass is 111 g/mol. The molecule has 0 spiro atoms. The topological polar surface area (TPSA) is 48.8 Å². The van der Waals surface area contributed by atoms with Crippen molar-refractivity contribution in [2.75, 3.05) is 0 Å². The maximum Gasteiger partial charge on any atom is 0.0549 e. The molecule has 0 heterocycles. The SMILES string of the molecule is C=C[C@@H](CC)N=[N+]=[N-]. The minimum atomic E-state index is -0.0278. The molecule has 0 aromatic carbocycles. The van der Waals surface area contributed by atoms with E-state index in [1.54, 1.807) is 6.08 Å². The van der Waals surface area contributed by atoms with Crippen LogP contribution in [0.2, 0.25) is 0 Å². The summed E-state index contributed by atoms with van der Waals surface area (Å²) in [6.45, 7) is 5.43. The van der Waals surface area contributed by atoms with E-state index < -0.39 is 0 Å². The van der Waals surface area contributed by atoms with Gasteiger partial charge in [-0.25, -0.2) is 0 Å². The van der Waals surface area contributed by atoms with Gasteiger partial charge in [0.15, 0.2) is 0 Å². The van der Waals surface area contributed by atoms with Gasteiger partial charge in [0.25, 0.3) is 0 Å². The lowest BCUT2D eigenvalue weighted by Gasteiger charge is -1.94. The summed E-state index contributed by atoms with van der Waals surface area (Å²) in [5.41, 5.74) is 7.91. The Bertz CT molecular complexity index is 113. The Morgan fingerprint density at radius 3 is 2.75 bits per heavy atom. The van der Waals surface area contributed by atoms with Crippen LogP contribution in [0.5, 0.6) is 0 Å². The van der Waals surface area contributed by atoms with Crippen LogP contribution in [0.3, 0.4) is 0 Å². The summed E-state index contributed by atoms with van der Waals surface area (Å²) >= 11 is 0. The maximum absolute atomic E-state index is 7.91. The zero-order valence-electron chi connectivity index (χ0n) is 4.91. The van der Waals surface area contributed by atoms with Gasteiger partial charge in [0.1, 0.15) is 0 Å². The molecule has 0 aliphatic carbocycles. The second-order valence-corrected chi connectivity index (χ2v) is 1.42. The highest BCUT2D eigenvalue weighted by Crippen LogP contribution is 1.96. The average Bonchev–Trinajstić information content (AvgIpc) is 1.83. The summed E-state index contributed by atoms with van der Waals surface area (Å²) in [5.74, 6) is 0. The largest absolute Gasteiger partial charge is 0.103 e. The first kappa shape index (κ1) is 7.05. The molecule has 0 aromatic rings. The molecule has 3 nitrogen and oxygen atoms in total. The molecule has 0 aromatic heterocycles. The summed E-state index contributed by atoms with van der Waals surface area (Å²) < 4.78 is 0. The van der Waals surface area contributed by atoms with E-state index in [-0.39, 0.29) is 6.04 Å². The number of nitrogens with zero attached hydrogens (tertiary/aromatic N) is 3. The molecule has 0 radical (unpaired) electrons. The van der Waals surface area contributed by atoms with Gasteiger partial charge in [0.05, 0.1) is 6.04 Å². The molecule has 1 atom stereocenters. The standard InChI is InChI=1S/C5H9N3/c1-3-5(4-2)7-8-6/h3,5H,1,4H2,2H3/t5-/m0/s1. The van der Waals surface area contributed by atoms with E-state index in [2.05, 4.69) is 16.6 Å². The Kier molecular flexibility index (Phi) is 3.71. The molecular weight excluding hydrogens is 102 g/mol. The van der Waals surface area contributed by atoms with Crippen LogP contribution >= 0.6 is 0 Å². The highest BCUT2D eigenvalue weighted by atomic mass is 15.1. The van der Waals surface area contributed by atoms with Crippen molar-refractivity contribution in [1.29, 1.82) is 0 Å². The predicted molar refractivity (Wildman–Crippen MR) is 33.4 cm³/mol. The third kappa shape index (κ3) is 2.26. The Morgan fingerprint density at radius 1 is 2.00 bits per heavy atom. The quantitative estimate of drug-likeness (QED) is 0.232. The van der Waals surface area contributed by atoms with Crippen molar-refractivity contribution in [1.82, 2.24) is 0 Å². The molecule has 0 aliphatic heterocycles. The van der Waals surface area contributed by atoms with Crippen LogP contribution in [0.4, 0.5) is 0 Å². The minimum absolute atomic E-state index is 0.0278. The fourth-order valence-corrected chi connectivity index (χ4v) is 0.362. The van der Waals surface area contributed by atoms with Gasteiger partial charge in [0, 0.05) is 4.91 Å². The van der Waals surface area contributed by atoms with Crippen molar-refractivity contribution in [2.24, 2.45) is 5.11 Å².